The second kappa shape index (κ2) is 5.83. The van der Waals surface area contributed by atoms with Crippen LogP contribution >= 0.6 is 0 Å². The van der Waals surface area contributed by atoms with Crippen LogP contribution in [-0.4, -0.2) is 22.4 Å². The molecule has 0 aliphatic carbocycles. The van der Waals surface area contributed by atoms with E-state index < -0.39 is 0 Å². The lowest BCUT2D eigenvalue weighted by Gasteiger charge is -2.21. The van der Waals surface area contributed by atoms with Gasteiger partial charge in [-0.3, -0.25) is 0 Å². The fraction of sp³-hybridized carbons (Fsp3) is 0.400. The molecule has 2 atom stereocenters. The Hall–Kier alpha value is -1.61. The molecule has 0 saturated carbocycles. The van der Waals surface area contributed by atoms with Crippen molar-refractivity contribution in [2.75, 3.05) is 6.54 Å². The van der Waals surface area contributed by atoms with Gasteiger partial charge in [-0.1, -0.05) is 32.0 Å². The zero-order chi connectivity index (χ0) is 13.0. The van der Waals surface area contributed by atoms with Crippen LogP contribution in [0.25, 0.3) is 5.69 Å². The van der Waals surface area contributed by atoms with E-state index in [0.29, 0.717) is 12.0 Å². The van der Waals surface area contributed by atoms with Crippen molar-refractivity contribution in [3.8, 4) is 5.69 Å². The number of likely N-dealkylation sites (N-methyl/N-ethyl adjacent to an activating group) is 1. The highest BCUT2D eigenvalue weighted by Gasteiger charge is 2.17. The molecule has 0 aliphatic rings. The Bertz CT molecular complexity index is 475. The molecular formula is C15H21N3. The molecule has 2 rings (SSSR count). The van der Waals surface area contributed by atoms with Gasteiger partial charge in [-0.2, -0.15) is 5.10 Å². The van der Waals surface area contributed by atoms with Crippen LogP contribution < -0.4 is 5.32 Å². The number of nitrogens with zero attached hydrogens (tertiary/aromatic N) is 2. The van der Waals surface area contributed by atoms with Gasteiger partial charge in [0.25, 0.3) is 0 Å². The average Bonchev–Trinajstić information content (AvgIpc) is 2.88. The first-order chi connectivity index (χ1) is 8.74. The molecule has 2 aromatic rings. The van der Waals surface area contributed by atoms with E-state index >= 15 is 0 Å². The zero-order valence-corrected chi connectivity index (χ0v) is 11.3. The minimum absolute atomic E-state index is 0.424. The summed E-state index contributed by atoms with van der Waals surface area (Å²) in [5, 5.41) is 7.91. The first-order valence-corrected chi connectivity index (χ1v) is 6.56. The minimum Gasteiger partial charge on any atom is -0.314 e. The van der Waals surface area contributed by atoms with Crippen LogP contribution in [0.2, 0.25) is 0 Å². The SMILES string of the molecule is CCNC(C)C(C)c1ccnn1-c1ccccc1. The van der Waals surface area contributed by atoms with Crippen molar-refractivity contribution in [1.82, 2.24) is 15.1 Å². The molecule has 0 amide bonds. The normalized spacial score (nSPS) is 14.4. The third-order valence-corrected chi connectivity index (χ3v) is 3.42. The van der Waals surface area contributed by atoms with Crippen LogP contribution in [-0.2, 0) is 0 Å². The predicted octanol–water partition coefficient (Wildman–Crippen LogP) is 2.97. The fourth-order valence-corrected chi connectivity index (χ4v) is 2.20. The molecule has 0 fully saturated rings. The lowest BCUT2D eigenvalue weighted by molar-refractivity contribution is 0.479. The third-order valence-electron chi connectivity index (χ3n) is 3.42. The van der Waals surface area contributed by atoms with Gasteiger partial charge < -0.3 is 5.32 Å². The Balaban J connectivity index is 2.28. The lowest BCUT2D eigenvalue weighted by Crippen LogP contribution is -2.31. The Kier molecular flexibility index (Phi) is 4.15. The van der Waals surface area contributed by atoms with Crippen molar-refractivity contribution >= 4 is 0 Å². The van der Waals surface area contributed by atoms with Crippen molar-refractivity contribution in [1.29, 1.82) is 0 Å². The summed E-state index contributed by atoms with van der Waals surface area (Å²) in [6.07, 6.45) is 1.87. The molecule has 1 aromatic carbocycles. The van der Waals surface area contributed by atoms with Gasteiger partial charge in [-0.25, -0.2) is 4.68 Å². The van der Waals surface area contributed by atoms with Crippen molar-refractivity contribution in [3.63, 3.8) is 0 Å². The van der Waals surface area contributed by atoms with Crippen LogP contribution in [0, 0.1) is 0 Å². The molecule has 3 heteroatoms. The van der Waals surface area contributed by atoms with E-state index in [1.54, 1.807) is 0 Å². The number of hydrogen-bond donors (Lipinski definition) is 1. The van der Waals surface area contributed by atoms with Gasteiger partial charge >= 0.3 is 0 Å². The lowest BCUT2D eigenvalue weighted by atomic mass is 9.99. The summed E-state index contributed by atoms with van der Waals surface area (Å²) in [5.74, 6) is 0.424. The largest absolute Gasteiger partial charge is 0.314 e. The monoisotopic (exact) mass is 243 g/mol. The number of nitrogens with one attached hydrogen (secondary N) is 1. The number of hydrogen-bond acceptors (Lipinski definition) is 2. The predicted molar refractivity (Wildman–Crippen MR) is 75.1 cm³/mol. The van der Waals surface area contributed by atoms with Gasteiger partial charge in [0.1, 0.15) is 0 Å². The van der Waals surface area contributed by atoms with Gasteiger partial charge in [0.15, 0.2) is 0 Å². The molecule has 96 valence electrons. The molecule has 1 aromatic heterocycles. The average molecular weight is 243 g/mol. The standard InChI is InChI=1S/C15H21N3/c1-4-16-13(3)12(2)15-10-11-17-18(15)14-8-6-5-7-9-14/h5-13,16H,4H2,1-3H3. The summed E-state index contributed by atoms with van der Waals surface area (Å²) in [5.41, 5.74) is 2.36. The van der Waals surface area contributed by atoms with Gasteiger partial charge in [-0.05, 0) is 31.7 Å². The minimum atomic E-state index is 0.424. The van der Waals surface area contributed by atoms with Gasteiger partial charge in [-0.15, -0.1) is 0 Å². The summed E-state index contributed by atoms with van der Waals surface area (Å²) < 4.78 is 2.03. The number of para-hydroxylation sites is 1. The van der Waals surface area contributed by atoms with Crippen molar-refractivity contribution in [2.45, 2.75) is 32.7 Å². The highest BCUT2D eigenvalue weighted by atomic mass is 15.3. The number of aromatic nitrogens is 2. The van der Waals surface area contributed by atoms with E-state index in [1.165, 1.54) is 5.69 Å². The molecule has 0 spiro atoms. The molecule has 0 bridgehead atoms. The highest BCUT2D eigenvalue weighted by Crippen LogP contribution is 2.21. The Morgan fingerprint density at radius 2 is 1.89 bits per heavy atom. The van der Waals surface area contributed by atoms with Crippen LogP contribution in [0.15, 0.2) is 42.6 Å². The zero-order valence-electron chi connectivity index (χ0n) is 11.3. The Morgan fingerprint density at radius 1 is 1.17 bits per heavy atom. The van der Waals surface area contributed by atoms with Crippen molar-refractivity contribution < 1.29 is 0 Å². The maximum absolute atomic E-state index is 4.44. The van der Waals surface area contributed by atoms with Crippen LogP contribution in [0.1, 0.15) is 32.4 Å². The molecule has 2 unspecified atom stereocenters. The van der Waals surface area contributed by atoms with Crippen LogP contribution in [0.3, 0.4) is 0 Å². The molecular weight excluding hydrogens is 222 g/mol. The number of rotatable bonds is 5. The van der Waals surface area contributed by atoms with Crippen molar-refractivity contribution in [2.24, 2.45) is 0 Å². The molecule has 1 N–H and O–H groups in total. The summed E-state index contributed by atoms with van der Waals surface area (Å²) in [4.78, 5) is 0. The van der Waals surface area contributed by atoms with Crippen LogP contribution in [0.5, 0.6) is 0 Å². The second-order valence-electron chi connectivity index (χ2n) is 4.64. The van der Waals surface area contributed by atoms with Gasteiger partial charge in [0, 0.05) is 23.9 Å². The molecule has 0 radical (unpaired) electrons. The van der Waals surface area contributed by atoms with Gasteiger partial charge in [0.2, 0.25) is 0 Å². The second-order valence-corrected chi connectivity index (χ2v) is 4.64. The smallest absolute Gasteiger partial charge is 0.0648 e. The van der Waals surface area contributed by atoms with E-state index in [-0.39, 0.29) is 0 Å². The molecule has 1 heterocycles. The van der Waals surface area contributed by atoms with E-state index in [1.807, 2.05) is 29.1 Å². The molecule has 0 aliphatic heterocycles. The quantitative estimate of drug-likeness (QED) is 0.875. The van der Waals surface area contributed by atoms with E-state index in [9.17, 15) is 0 Å². The highest BCUT2D eigenvalue weighted by molar-refractivity contribution is 5.33. The Labute approximate surface area is 109 Å². The summed E-state index contributed by atoms with van der Waals surface area (Å²) in [6, 6.07) is 12.8. The summed E-state index contributed by atoms with van der Waals surface area (Å²) in [7, 11) is 0. The first kappa shape index (κ1) is 12.8. The molecule has 3 nitrogen and oxygen atoms in total. The van der Waals surface area contributed by atoms with E-state index in [4.69, 9.17) is 0 Å². The Morgan fingerprint density at radius 3 is 2.56 bits per heavy atom. The first-order valence-electron chi connectivity index (χ1n) is 6.56. The molecule has 18 heavy (non-hydrogen) atoms. The van der Waals surface area contributed by atoms with Crippen molar-refractivity contribution in [3.05, 3.63) is 48.3 Å². The van der Waals surface area contributed by atoms with Gasteiger partial charge in [0.05, 0.1) is 5.69 Å². The van der Waals surface area contributed by atoms with E-state index in [0.717, 1.165) is 12.2 Å². The maximum atomic E-state index is 4.44. The fourth-order valence-electron chi connectivity index (χ4n) is 2.20. The summed E-state index contributed by atoms with van der Waals surface area (Å²) >= 11 is 0. The molecule has 0 saturated heterocycles. The third kappa shape index (κ3) is 2.62. The maximum Gasteiger partial charge on any atom is 0.0648 e. The topological polar surface area (TPSA) is 29.9 Å². The number of benzene rings is 1. The van der Waals surface area contributed by atoms with Crippen LogP contribution in [0.4, 0.5) is 0 Å². The van der Waals surface area contributed by atoms with E-state index in [2.05, 4.69) is 49.4 Å². The summed E-state index contributed by atoms with van der Waals surface area (Å²) in [6.45, 7) is 7.59.